The van der Waals surface area contributed by atoms with Gasteiger partial charge in [0.05, 0.1) is 5.60 Å². The van der Waals surface area contributed by atoms with Gasteiger partial charge in [-0.3, -0.25) is 0 Å². The molecule has 0 radical (unpaired) electrons. The Kier molecular flexibility index (Phi) is 4.20. The average molecular weight is 198 g/mol. The minimum absolute atomic E-state index is 0.507. The zero-order chi connectivity index (χ0) is 10.4. The van der Waals surface area contributed by atoms with Crippen LogP contribution in [0.15, 0.2) is 5.11 Å². The van der Waals surface area contributed by atoms with E-state index in [2.05, 4.69) is 14.9 Å². The maximum Gasteiger partial charge on any atom is 0.0632 e. The number of nitrogens with zero attached hydrogens (tertiary/aromatic N) is 4. The van der Waals surface area contributed by atoms with E-state index >= 15 is 0 Å². The van der Waals surface area contributed by atoms with Crippen molar-refractivity contribution in [2.45, 2.75) is 31.8 Å². The molecule has 0 aromatic rings. The summed E-state index contributed by atoms with van der Waals surface area (Å²) in [5.74, 6) is 0. The maximum atomic E-state index is 9.84. The molecule has 1 fully saturated rings. The van der Waals surface area contributed by atoms with E-state index in [1.807, 2.05) is 6.92 Å². The second kappa shape index (κ2) is 5.20. The van der Waals surface area contributed by atoms with Crippen LogP contribution in [0.25, 0.3) is 10.4 Å². The second-order valence-electron chi connectivity index (χ2n) is 4.15. The van der Waals surface area contributed by atoms with Crippen molar-refractivity contribution in [2.75, 3.05) is 26.2 Å². The van der Waals surface area contributed by atoms with Crippen LogP contribution in [0.4, 0.5) is 0 Å². The minimum atomic E-state index is -0.507. The molecule has 0 saturated carbocycles. The first kappa shape index (κ1) is 11.3. The summed E-state index contributed by atoms with van der Waals surface area (Å²) >= 11 is 0. The van der Waals surface area contributed by atoms with E-state index in [0.717, 1.165) is 38.9 Å². The Labute approximate surface area is 84.3 Å². The summed E-state index contributed by atoms with van der Waals surface area (Å²) in [7, 11) is 0. The van der Waals surface area contributed by atoms with Gasteiger partial charge in [-0.25, -0.2) is 0 Å². The predicted molar refractivity (Wildman–Crippen MR) is 54.9 cm³/mol. The first-order chi connectivity index (χ1) is 6.64. The van der Waals surface area contributed by atoms with Gasteiger partial charge >= 0.3 is 0 Å². The molecule has 80 valence electrons. The fourth-order valence-electron chi connectivity index (χ4n) is 1.77. The number of rotatable bonds is 3. The van der Waals surface area contributed by atoms with Crippen molar-refractivity contribution >= 4 is 0 Å². The van der Waals surface area contributed by atoms with Gasteiger partial charge in [-0.05, 0) is 38.3 Å². The molecule has 0 spiro atoms. The second-order valence-corrected chi connectivity index (χ2v) is 4.15. The molecule has 14 heavy (non-hydrogen) atoms. The highest BCUT2D eigenvalue weighted by molar-refractivity contribution is 4.79. The molecule has 1 heterocycles. The summed E-state index contributed by atoms with van der Waals surface area (Å²) in [5.41, 5.74) is 7.63. The summed E-state index contributed by atoms with van der Waals surface area (Å²) in [6.07, 6.45) is 2.69. The van der Waals surface area contributed by atoms with Crippen molar-refractivity contribution in [1.29, 1.82) is 0 Å². The normalized spacial score (nSPS) is 29.3. The highest BCUT2D eigenvalue weighted by atomic mass is 16.3. The van der Waals surface area contributed by atoms with Gasteiger partial charge in [-0.15, -0.1) is 0 Å². The van der Waals surface area contributed by atoms with Gasteiger partial charge in [0.1, 0.15) is 0 Å². The van der Waals surface area contributed by atoms with Crippen molar-refractivity contribution in [3.05, 3.63) is 10.4 Å². The van der Waals surface area contributed by atoms with Crippen LogP contribution in [-0.4, -0.2) is 41.8 Å². The van der Waals surface area contributed by atoms with Crippen molar-refractivity contribution < 1.29 is 5.11 Å². The van der Waals surface area contributed by atoms with Crippen LogP contribution in [0.2, 0.25) is 0 Å². The third-order valence-electron chi connectivity index (χ3n) is 2.74. The van der Waals surface area contributed by atoms with Crippen molar-refractivity contribution in [3.8, 4) is 0 Å². The molecule has 0 aliphatic carbocycles. The van der Waals surface area contributed by atoms with Crippen LogP contribution in [0.1, 0.15) is 26.2 Å². The molecule has 0 aromatic carbocycles. The molecular formula is C9H18N4O. The maximum absolute atomic E-state index is 9.84. The quantitative estimate of drug-likeness (QED) is 0.424. The molecule has 1 unspecified atom stereocenters. The van der Waals surface area contributed by atoms with Crippen molar-refractivity contribution in [3.63, 3.8) is 0 Å². The lowest BCUT2D eigenvalue weighted by molar-refractivity contribution is 0.0448. The molecule has 1 aliphatic rings. The fourth-order valence-corrected chi connectivity index (χ4v) is 1.77. The van der Waals surface area contributed by atoms with E-state index in [1.54, 1.807) is 0 Å². The topological polar surface area (TPSA) is 72.2 Å². The van der Waals surface area contributed by atoms with Crippen LogP contribution < -0.4 is 0 Å². The summed E-state index contributed by atoms with van der Waals surface area (Å²) < 4.78 is 0. The van der Waals surface area contributed by atoms with Gasteiger partial charge in [0.2, 0.25) is 0 Å². The molecule has 1 N–H and O–H groups in total. The van der Waals surface area contributed by atoms with Crippen LogP contribution in [0, 0.1) is 0 Å². The molecule has 1 saturated heterocycles. The zero-order valence-corrected chi connectivity index (χ0v) is 8.69. The molecule has 0 bridgehead atoms. The molecule has 5 heteroatoms. The van der Waals surface area contributed by atoms with Crippen LogP contribution in [0.3, 0.4) is 0 Å². The summed E-state index contributed by atoms with van der Waals surface area (Å²) in [5, 5.41) is 13.3. The Bertz CT molecular complexity index is 223. The van der Waals surface area contributed by atoms with Crippen molar-refractivity contribution in [1.82, 2.24) is 4.90 Å². The smallest absolute Gasteiger partial charge is 0.0632 e. The Morgan fingerprint density at radius 2 is 2.29 bits per heavy atom. The van der Waals surface area contributed by atoms with E-state index in [9.17, 15) is 5.11 Å². The van der Waals surface area contributed by atoms with Gasteiger partial charge in [-0.2, -0.15) is 0 Å². The Balaban J connectivity index is 2.31. The summed E-state index contributed by atoms with van der Waals surface area (Å²) in [6, 6.07) is 0. The molecule has 1 rings (SSSR count). The SMILES string of the molecule is CC1(O)CCCN(CCN=[N+]=[N-])CC1. The predicted octanol–water partition coefficient (Wildman–Crippen LogP) is 1.53. The van der Waals surface area contributed by atoms with Crippen molar-refractivity contribution in [2.24, 2.45) is 5.11 Å². The number of hydrogen-bond acceptors (Lipinski definition) is 3. The molecule has 5 nitrogen and oxygen atoms in total. The summed E-state index contributed by atoms with van der Waals surface area (Å²) in [4.78, 5) is 4.97. The number of aliphatic hydroxyl groups is 1. The zero-order valence-electron chi connectivity index (χ0n) is 8.69. The lowest BCUT2D eigenvalue weighted by atomic mass is 9.98. The third kappa shape index (κ3) is 3.96. The highest BCUT2D eigenvalue weighted by Gasteiger charge is 2.24. The van der Waals surface area contributed by atoms with Crippen LogP contribution in [0.5, 0.6) is 0 Å². The molecule has 1 atom stereocenters. The van der Waals surface area contributed by atoms with Gasteiger partial charge in [0.25, 0.3) is 0 Å². The van der Waals surface area contributed by atoms with E-state index < -0.39 is 5.60 Å². The highest BCUT2D eigenvalue weighted by Crippen LogP contribution is 2.20. The van der Waals surface area contributed by atoms with Crippen LogP contribution in [-0.2, 0) is 0 Å². The minimum Gasteiger partial charge on any atom is -0.390 e. The third-order valence-corrected chi connectivity index (χ3v) is 2.74. The average Bonchev–Trinajstić information content (AvgIpc) is 2.28. The fraction of sp³-hybridized carbons (Fsp3) is 1.00. The lowest BCUT2D eigenvalue weighted by Gasteiger charge is -2.21. The molecule has 1 aliphatic heterocycles. The van der Waals surface area contributed by atoms with Gasteiger partial charge in [0.15, 0.2) is 0 Å². The molecule has 0 aromatic heterocycles. The Morgan fingerprint density at radius 3 is 3.00 bits per heavy atom. The monoisotopic (exact) mass is 198 g/mol. The first-order valence-corrected chi connectivity index (χ1v) is 5.10. The molecule has 0 amide bonds. The molecular weight excluding hydrogens is 180 g/mol. The number of hydrogen-bond donors (Lipinski definition) is 1. The van der Waals surface area contributed by atoms with Gasteiger partial charge in [0, 0.05) is 24.5 Å². The Hall–Kier alpha value is -0.770. The van der Waals surface area contributed by atoms with E-state index in [4.69, 9.17) is 5.53 Å². The lowest BCUT2D eigenvalue weighted by Crippen LogP contribution is -2.30. The number of azide groups is 1. The van der Waals surface area contributed by atoms with Gasteiger partial charge in [-0.1, -0.05) is 5.11 Å². The first-order valence-electron chi connectivity index (χ1n) is 5.10. The largest absolute Gasteiger partial charge is 0.390 e. The van der Waals surface area contributed by atoms with Gasteiger partial charge < -0.3 is 10.0 Å². The standard InChI is InChI=1S/C9H18N4O/c1-9(14)3-2-6-13(7-4-9)8-5-11-12-10/h14H,2-8H2,1H3. The summed E-state index contributed by atoms with van der Waals surface area (Å²) in [6.45, 7) is 5.12. The van der Waals surface area contributed by atoms with E-state index in [0.29, 0.717) is 6.54 Å². The van der Waals surface area contributed by atoms with Crippen LogP contribution >= 0.6 is 0 Å². The van der Waals surface area contributed by atoms with E-state index in [1.165, 1.54) is 0 Å². The Morgan fingerprint density at radius 1 is 1.50 bits per heavy atom. The number of likely N-dealkylation sites (tertiary alicyclic amines) is 1. The van der Waals surface area contributed by atoms with E-state index in [-0.39, 0.29) is 0 Å².